The number of carbonyl (C=O) groups is 2. The molecular weight excluding hydrogens is 549 g/mol. The first-order chi connectivity index (χ1) is 18.9. The van der Waals surface area contributed by atoms with E-state index in [4.69, 9.17) is 11.6 Å². The second kappa shape index (κ2) is 11.9. The zero-order valence-electron chi connectivity index (χ0n) is 22.2. The lowest BCUT2D eigenvalue weighted by atomic mass is 10.1. The Kier molecular flexibility index (Phi) is 8.81. The van der Waals surface area contributed by atoms with Gasteiger partial charge in [0.25, 0.3) is 11.8 Å². The van der Waals surface area contributed by atoms with E-state index in [1.807, 2.05) is 11.8 Å². The van der Waals surface area contributed by atoms with Crippen LogP contribution in [0.1, 0.15) is 33.5 Å². The highest BCUT2D eigenvalue weighted by Crippen LogP contribution is 2.34. The van der Waals surface area contributed by atoms with E-state index in [1.54, 1.807) is 41.1 Å². The van der Waals surface area contributed by atoms with Crippen LogP contribution in [-0.2, 0) is 6.18 Å². The highest BCUT2D eigenvalue weighted by Gasteiger charge is 2.39. The van der Waals surface area contributed by atoms with Crippen molar-refractivity contribution in [3.63, 3.8) is 0 Å². The summed E-state index contributed by atoms with van der Waals surface area (Å²) in [5.74, 6) is -1.88. The predicted molar refractivity (Wildman–Crippen MR) is 146 cm³/mol. The Morgan fingerprint density at radius 3 is 2.40 bits per heavy atom. The number of aromatic nitrogens is 2. The van der Waals surface area contributed by atoms with E-state index in [1.165, 1.54) is 25.2 Å². The molecule has 2 amide bonds. The SMILES string of the molecule is CCN(CCN(C)C(=O)c1ccc(Cl)cc1)[C@@H]1CN(c2nc(C(F)(F)F)nc3ccc(C(=O)NC)cc23)C[C@H]1O. The molecule has 0 unspecified atom stereocenters. The molecule has 0 bridgehead atoms. The minimum absolute atomic E-state index is 0.00397. The van der Waals surface area contributed by atoms with Crippen LogP contribution in [0.2, 0.25) is 5.02 Å². The van der Waals surface area contributed by atoms with Crippen LogP contribution in [0.3, 0.4) is 0 Å². The highest BCUT2D eigenvalue weighted by molar-refractivity contribution is 6.30. The summed E-state index contributed by atoms with van der Waals surface area (Å²) < 4.78 is 41.0. The quantitative estimate of drug-likeness (QED) is 0.423. The second-order valence-electron chi connectivity index (χ2n) is 9.58. The number of fused-ring (bicyclic) bond motifs is 1. The number of hydrogen-bond acceptors (Lipinski definition) is 7. The van der Waals surface area contributed by atoms with Gasteiger partial charge >= 0.3 is 6.18 Å². The number of alkyl halides is 3. The molecule has 1 aliphatic heterocycles. The van der Waals surface area contributed by atoms with E-state index >= 15 is 0 Å². The summed E-state index contributed by atoms with van der Waals surface area (Å²) in [4.78, 5) is 37.6. The molecule has 0 saturated carbocycles. The molecule has 1 fully saturated rings. The lowest BCUT2D eigenvalue weighted by Gasteiger charge is -2.31. The van der Waals surface area contributed by atoms with E-state index in [0.29, 0.717) is 30.2 Å². The number of likely N-dealkylation sites (N-methyl/N-ethyl adjacent to an activating group) is 2. The van der Waals surface area contributed by atoms with E-state index < -0.39 is 30.1 Å². The Morgan fingerprint density at radius 2 is 1.77 bits per heavy atom. The van der Waals surface area contributed by atoms with Gasteiger partial charge in [0, 0.05) is 61.8 Å². The monoisotopic (exact) mass is 578 g/mol. The Labute approximate surface area is 234 Å². The molecule has 1 saturated heterocycles. The van der Waals surface area contributed by atoms with Crippen molar-refractivity contribution >= 4 is 40.1 Å². The van der Waals surface area contributed by atoms with Crippen LogP contribution in [0.15, 0.2) is 42.5 Å². The van der Waals surface area contributed by atoms with Crippen LogP contribution in [0.5, 0.6) is 0 Å². The number of β-amino-alcohol motifs (C(OH)–C–C–N with tert-alkyl or cyclic N) is 1. The third-order valence-corrected chi connectivity index (χ3v) is 7.26. The van der Waals surface area contributed by atoms with Gasteiger partial charge in [-0.25, -0.2) is 9.97 Å². The molecule has 13 heteroatoms. The number of benzene rings is 2. The first-order valence-corrected chi connectivity index (χ1v) is 13.1. The Bertz CT molecular complexity index is 1390. The second-order valence-corrected chi connectivity index (χ2v) is 10.0. The summed E-state index contributed by atoms with van der Waals surface area (Å²) in [6, 6.07) is 10.4. The molecule has 0 aliphatic carbocycles. The van der Waals surface area contributed by atoms with Crippen molar-refractivity contribution < 1.29 is 27.9 Å². The normalized spacial score (nSPS) is 17.5. The minimum atomic E-state index is -4.78. The molecule has 0 radical (unpaired) electrons. The van der Waals surface area contributed by atoms with Gasteiger partial charge in [-0.3, -0.25) is 14.5 Å². The standard InChI is InChI=1S/C27H30ClF3N6O3/c1-4-36(12-11-35(3)25(40)16-5-8-18(28)9-6-16)21-14-37(15-22(21)38)23-19-13-17(24(39)32-2)7-10-20(19)33-26(34-23)27(29,30)31/h5-10,13,21-22,38H,4,11-12,14-15H2,1-3H3,(H,32,39)/t21-,22-/m1/s1. The number of halogens is 4. The molecule has 0 spiro atoms. The van der Waals surface area contributed by atoms with Gasteiger partial charge in [0.2, 0.25) is 5.82 Å². The van der Waals surface area contributed by atoms with Crippen LogP contribution in [0, 0.1) is 0 Å². The maximum absolute atomic E-state index is 13.7. The van der Waals surface area contributed by atoms with Crippen molar-refractivity contribution in [2.75, 3.05) is 51.7 Å². The van der Waals surface area contributed by atoms with E-state index in [2.05, 4.69) is 15.3 Å². The van der Waals surface area contributed by atoms with Crippen molar-refractivity contribution in [2.24, 2.45) is 0 Å². The third-order valence-electron chi connectivity index (χ3n) is 7.01. The predicted octanol–water partition coefficient (Wildman–Crippen LogP) is 3.31. The zero-order chi connectivity index (χ0) is 29.2. The molecule has 2 N–H and O–H groups in total. The summed E-state index contributed by atoms with van der Waals surface area (Å²) >= 11 is 5.91. The first-order valence-electron chi connectivity index (χ1n) is 12.7. The number of nitrogens with zero attached hydrogens (tertiary/aromatic N) is 5. The number of aliphatic hydroxyl groups is 1. The number of hydrogen-bond donors (Lipinski definition) is 2. The summed E-state index contributed by atoms with van der Waals surface area (Å²) in [7, 11) is 3.13. The summed E-state index contributed by atoms with van der Waals surface area (Å²) in [5.41, 5.74) is 0.784. The van der Waals surface area contributed by atoms with Crippen LogP contribution in [0.25, 0.3) is 10.9 Å². The highest BCUT2D eigenvalue weighted by atomic mass is 35.5. The maximum atomic E-state index is 13.7. The maximum Gasteiger partial charge on any atom is 0.451 e. The number of rotatable bonds is 8. The molecule has 4 rings (SSSR count). The van der Waals surface area contributed by atoms with Gasteiger partial charge in [0.15, 0.2) is 0 Å². The Morgan fingerprint density at radius 1 is 1.10 bits per heavy atom. The largest absolute Gasteiger partial charge is 0.451 e. The Hall–Kier alpha value is -3.48. The lowest BCUT2D eigenvalue weighted by Crippen LogP contribution is -2.46. The fraction of sp³-hybridized carbons (Fsp3) is 0.407. The van der Waals surface area contributed by atoms with Crippen LogP contribution in [-0.4, -0.2) is 95.7 Å². The molecule has 1 aliphatic rings. The number of amides is 2. The average Bonchev–Trinajstić information content (AvgIpc) is 3.32. The lowest BCUT2D eigenvalue weighted by molar-refractivity contribution is -0.144. The van der Waals surface area contributed by atoms with Gasteiger partial charge < -0.3 is 20.2 Å². The van der Waals surface area contributed by atoms with Gasteiger partial charge in [0.1, 0.15) is 5.82 Å². The first kappa shape index (κ1) is 29.5. The van der Waals surface area contributed by atoms with Gasteiger partial charge in [-0.15, -0.1) is 0 Å². The Balaban J connectivity index is 1.56. The van der Waals surface area contributed by atoms with Crippen molar-refractivity contribution in [1.29, 1.82) is 0 Å². The number of carbonyl (C=O) groups excluding carboxylic acids is 2. The fourth-order valence-electron chi connectivity index (χ4n) is 4.82. The molecule has 214 valence electrons. The number of aliphatic hydroxyl groups excluding tert-OH is 1. The van der Waals surface area contributed by atoms with Gasteiger partial charge in [-0.1, -0.05) is 18.5 Å². The van der Waals surface area contributed by atoms with E-state index in [0.717, 1.165) is 0 Å². The van der Waals surface area contributed by atoms with E-state index in [9.17, 15) is 27.9 Å². The number of anilines is 1. The van der Waals surface area contributed by atoms with Crippen molar-refractivity contribution in [3.05, 3.63) is 64.4 Å². The van der Waals surface area contributed by atoms with Crippen molar-refractivity contribution in [1.82, 2.24) is 25.1 Å². The molecule has 9 nitrogen and oxygen atoms in total. The zero-order valence-corrected chi connectivity index (χ0v) is 23.0. The van der Waals surface area contributed by atoms with Crippen molar-refractivity contribution in [2.45, 2.75) is 25.2 Å². The van der Waals surface area contributed by atoms with Gasteiger partial charge in [-0.2, -0.15) is 13.2 Å². The number of nitrogens with one attached hydrogen (secondary N) is 1. The van der Waals surface area contributed by atoms with Crippen LogP contribution < -0.4 is 10.2 Å². The summed E-state index contributed by atoms with van der Waals surface area (Å²) in [6.07, 6.45) is -5.67. The molecule has 2 atom stereocenters. The molecular formula is C27H30ClF3N6O3. The van der Waals surface area contributed by atoms with E-state index in [-0.39, 0.29) is 41.3 Å². The van der Waals surface area contributed by atoms with Gasteiger partial charge in [0.05, 0.1) is 17.7 Å². The van der Waals surface area contributed by atoms with Crippen LogP contribution in [0.4, 0.5) is 19.0 Å². The summed E-state index contributed by atoms with van der Waals surface area (Å²) in [6.45, 7) is 3.47. The summed E-state index contributed by atoms with van der Waals surface area (Å²) in [5, 5.41) is 14.3. The molecule has 2 aromatic carbocycles. The third kappa shape index (κ3) is 6.29. The van der Waals surface area contributed by atoms with Crippen LogP contribution >= 0.6 is 11.6 Å². The fourth-order valence-corrected chi connectivity index (χ4v) is 4.94. The molecule has 1 aromatic heterocycles. The van der Waals surface area contributed by atoms with Crippen molar-refractivity contribution in [3.8, 4) is 0 Å². The van der Waals surface area contributed by atoms with Gasteiger partial charge in [-0.05, 0) is 49.0 Å². The molecule has 40 heavy (non-hydrogen) atoms. The smallest absolute Gasteiger partial charge is 0.390 e. The average molecular weight is 579 g/mol. The molecule has 3 aromatic rings. The minimum Gasteiger partial charge on any atom is -0.390 e. The molecule has 2 heterocycles. The topological polar surface area (TPSA) is 102 Å².